The molecule has 23 heavy (non-hydrogen) atoms. The molecule has 3 rings (SSSR count). The van der Waals surface area contributed by atoms with Gasteiger partial charge in [-0.2, -0.15) is 0 Å². The number of ether oxygens (including phenoxy) is 2. The van der Waals surface area contributed by atoms with Gasteiger partial charge in [0, 0.05) is 13.1 Å². The summed E-state index contributed by atoms with van der Waals surface area (Å²) in [5, 5.41) is 8.29. The second-order valence-corrected chi connectivity index (χ2v) is 5.21. The molecule has 1 fully saturated rings. The van der Waals surface area contributed by atoms with Gasteiger partial charge in [0.15, 0.2) is 0 Å². The Morgan fingerprint density at radius 3 is 2.87 bits per heavy atom. The second-order valence-electron chi connectivity index (χ2n) is 5.21. The van der Waals surface area contributed by atoms with Crippen LogP contribution < -0.4 is 15.4 Å². The highest BCUT2D eigenvalue weighted by Crippen LogP contribution is 2.20. The van der Waals surface area contributed by atoms with Gasteiger partial charge in [0.1, 0.15) is 18.5 Å². The summed E-state index contributed by atoms with van der Waals surface area (Å²) in [6.45, 7) is 2.84. The molecular formula is C17H21ClN2O3. The predicted octanol–water partition coefficient (Wildman–Crippen LogP) is 1.74. The first-order valence-corrected chi connectivity index (χ1v) is 7.54. The summed E-state index contributed by atoms with van der Waals surface area (Å²) < 4.78 is 11.1. The molecule has 1 aliphatic heterocycles. The second kappa shape index (κ2) is 8.72. The molecule has 0 aliphatic carbocycles. The summed E-state index contributed by atoms with van der Waals surface area (Å²) in [5.41, 5.74) is 0. The number of rotatable bonds is 5. The standard InChI is InChI=1S/C17H20N2O3.ClH/c20-17(16-12-18-7-9-22-16)19-8-10-21-15-6-5-13-3-1-2-4-14(13)11-15;/h1-6,11,16,18H,7-10,12H2,(H,19,20);1H. The van der Waals surface area contributed by atoms with Gasteiger partial charge in [-0.3, -0.25) is 4.79 Å². The van der Waals surface area contributed by atoms with Crippen molar-refractivity contribution in [3.8, 4) is 5.75 Å². The lowest BCUT2D eigenvalue weighted by atomic mass is 10.1. The molecule has 124 valence electrons. The minimum atomic E-state index is -0.394. The lowest BCUT2D eigenvalue weighted by Gasteiger charge is -2.22. The maximum atomic E-state index is 11.9. The predicted molar refractivity (Wildman–Crippen MR) is 92.3 cm³/mol. The third-order valence-electron chi connectivity index (χ3n) is 3.61. The fourth-order valence-corrected chi connectivity index (χ4v) is 2.45. The largest absolute Gasteiger partial charge is 0.492 e. The Kier molecular flexibility index (Phi) is 6.65. The van der Waals surface area contributed by atoms with Gasteiger partial charge in [-0.15, -0.1) is 12.4 Å². The zero-order chi connectivity index (χ0) is 15.2. The Morgan fingerprint density at radius 1 is 1.26 bits per heavy atom. The quantitative estimate of drug-likeness (QED) is 0.817. The van der Waals surface area contributed by atoms with Crippen molar-refractivity contribution in [1.82, 2.24) is 10.6 Å². The topological polar surface area (TPSA) is 59.6 Å². The summed E-state index contributed by atoms with van der Waals surface area (Å²) in [7, 11) is 0. The van der Waals surface area contributed by atoms with E-state index < -0.39 is 6.10 Å². The average Bonchev–Trinajstić information content (AvgIpc) is 2.59. The number of amides is 1. The molecule has 1 heterocycles. The van der Waals surface area contributed by atoms with Crippen LogP contribution in [-0.4, -0.2) is 44.9 Å². The van der Waals surface area contributed by atoms with Crippen LogP contribution in [-0.2, 0) is 9.53 Å². The van der Waals surface area contributed by atoms with Crippen molar-refractivity contribution in [3.05, 3.63) is 42.5 Å². The minimum absolute atomic E-state index is 0. The highest BCUT2D eigenvalue weighted by atomic mass is 35.5. The molecule has 1 unspecified atom stereocenters. The van der Waals surface area contributed by atoms with Crippen molar-refractivity contribution in [3.63, 3.8) is 0 Å². The first kappa shape index (κ1) is 17.5. The van der Waals surface area contributed by atoms with E-state index in [2.05, 4.69) is 22.8 Å². The first-order valence-electron chi connectivity index (χ1n) is 7.54. The van der Waals surface area contributed by atoms with E-state index in [1.54, 1.807) is 0 Å². The van der Waals surface area contributed by atoms with Gasteiger partial charge >= 0.3 is 0 Å². The number of fused-ring (bicyclic) bond motifs is 1. The first-order chi connectivity index (χ1) is 10.8. The van der Waals surface area contributed by atoms with Crippen LogP contribution in [0.4, 0.5) is 0 Å². The Bertz CT molecular complexity index is 645. The maximum Gasteiger partial charge on any atom is 0.250 e. The molecule has 1 saturated heterocycles. The van der Waals surface area contributed by atoms with Crippen molar-refractivity contribution in [2.75, 3.05) is 32.8 Å². The van der Waals surface area contributed by atoms with Gasteiger partial charge in [0.05, 0.1) is 13.2 Å². The molecule has 6 heteroatoms. The van der Waals surface area contributed by atoms with Gasteiger partial charge in [-0.1, -0.05) is 30.3 Å². The van der Waals surface area contributed by atoms with E-state index in [1.807, 2.05) is 30.3 Å². The normalized spacial score (nSPS) is 17.3. The van der Waals surface area contributed by atoms with Crippen LogP contribution in [0.3, 0.4) is 0 Å². The smallest absolute Gasteiger partial charge is 0.250 e. The fourth-order valence-electron chi connectivity index (χ4n) is 2.45. The summed E-state index contributed by atoms with van der Waals surface area (Å²) in [6.07, 6.45) is -0.394. The Balaban J connectivity index is 0.00000192. The molecule has 0 radical (unpaired) electrons. The van der Waals surface area contributed by atoms with E-state index in [1.165, 1.54) is 5.39 Å². The highest BCUT2D eigenvalue weighted by molar-refractivity contribution is 5.85. The van der Waals surface area contributed by atoms with E-state index in [9.17, 15) is 4.79 Å². The number of benzene rings is 2. The van der Waals surface area contributed by atoms with E-state index in [0.29, 0.717) is 26.3 Å². The molecule has 5 nitrogen and oxygen atoms in total. The number of carbonyl (C=O) groups excluding carboxylic acids is 1. The molecular weight excluding hydrogens is 316 g/mol. The van der Waals surface area contributed by atoms with Crippen molar-refractivity contribution < 1.29 is 14.3 Å². The molecule has 1 atom stereocenters. The van der Waals surface area contributed by atoms with Gasteiger partial charge in [0.2, 0.25) is 0 Å². The fraction of sp³-hybridized carbons (Fsp3) is 0.353. The van der Waals surface area contributed by atoms with Gasteiger partial charge in [-0.05, 0) is 22.9 Å². The highest BCUT2D eigenvalue weighted by Gasteiger charge is 2.20. The molecule has 2 aromatic carbocycles. The van der Waals surface area contributed by atoms with Crippen LogP contribution in [0.25, 0.3) is 10.8 Å². The summed E-state index contributed by atoms with van der Waals surface area (Å²) in [5.74, 6) is 0.720. The van der Waals surface area contributed by atoms with Crippen LogP contribution in [0.2, 0.25) is 0 Å². The lowest BCUT2D eigenvalue weighted by molar-refractivity contribution is -0.134. The molecule has 0 aromatic heterocycles. The summed E-state index contributed by atoms with van der Waals surface area (Å²) >= 11 is 0. The number of carbonyl (C=O) groups is 1. The third-order valence-corrected chi connectivity index (χ3v) is 3.61. The maximum absolute atomic E-state index is 11.9. The average molecular weight is 337 g/mol. The van der Waals surface area contributed by atoms with Crippen LogP contribution in [0.1, 0.15) is 0 Å². The number of hydrogen-bond acceptors (Lipinski definition) is 4. The molecule has 0 saturated carbocycles. The van der Waals surface area contributed by atoms with Crippen molar-refractivity contribution >= 4 is 29.1 Å². The summed E-state index contributed by atoms with van der Waals surface area (Å²) in [6, 6.07) is 14.1. The molecule has 0 spiro atoms. The SMILES string of the molecule is Cl.O=C(NCCOc1ccc2ccccc2c1)C1CNCCO1. The minimum Gasteiger partial charge on any atom is -0.492 e. The number of morpholine rings is 1. The van der Waals surface area contributed by atoms with Crippen LogP contribution >= 0.6 is 12.4 Å². The van der Waals surface area contributed by atoms with E-state index in [4.69, 9.17) is 9.47 Å². The molecule has 1 amide bonds. The monoisotopic (exact) mass is 336 g/mol. The van der Waals surface area contributed by atoms with Crippen LogP contribution in [0, 0.1) is 0 Å². The summed E-state index contributed by atoms with van der Waals surface area (Å²) in [4.78, 5) is 11.9. The van der Waals surface area contributed by atoms with Crippen molar-refractivity contribution in [2.24, 2.45) is 0 Å². The van der Waals surface area contributed by atoms with Crippen LogP contribution in [0.15, 0.2) is 42.5 Å². The van der Waals surface area contributed by atoms with Crippen molar-refractivity contribution in [2.45, 2.75) is 6.10 Å². The zero-order valence-electron chi connectivity index (χ0n) is 12.8. The molecule has 2 aromatic rings. The van der Waals surface area contributed by atoms with Gasteiger partial charge in [-0.25, -0.2) is 0 Å². The van der Waals surface area contributed by atoms with E-state index >= 15 is 0 Å². The van der Waals surface area contributed by atoms with Gasteiger partial charge in [0.25, 0.3) is 5.91 Å². The van der Waals surface area contributed by atoms with Crippen molar-refractivity contribution in [1.29, 1.82) is 0 Å². The number of nitrogens with one attached hydrogen (secondary N) is 2. The van der Waals surface area contributed by atoms with E-state index in [-0.39, 0.29) is 18.3 Å². The molecule has 2 N–H and O–H groups in total. The third kappa shape index (κ3) is 4.82. The Morgan fingerprint density at radius 2 is 2.09 bits per heavy atom. The Hall–Kier alpha value is -1.82. The molecule has 1 aliphatic rings. The van der Waals surface area contributed by atoms with Crippen LogP contribution in [0.5, 0.6) is 5.75 Å². The zero-order valence-corrected chi connectivity index (χ0v) is 13.6. The van der Waals surface area contributed by atoms with E-state index in [0.717, 1.165) is 17.7 Å². The lowest BCUT2D eigenvalue weighted by Crippen LogP contribution is -2.48. The number of hydrogen-bond donors (Lipinski definition) is 2. The van der Waals surface area contributed by atoms with Gasteiger partial charge < -0.3 is 20.1 Å². The Labute approximate surface area is 141 Å². The number of halogens is 1. The molecule has 0 bridgehead atoms.